The third-order valence-corrected chi connectivity index (χ3v) is 4.28. The molecule has 1 aliphatic heterocycles. The molecule has 0 saturated carbocycles. The van der Waals surface area contributed by atoms with E-state index in [9.17, 15) is 9.59 Å². The average Bonchev–Trinajstić information content (AvgIpc) is 2.88. The molecular formula is C15H21N5O2. The Morgan fingerprint density at radius 1 is 1.14 bits per heavy atom. The third kappa shape index (κ3) is 2.08. The summed E-state index contributed by atoms with van der Waals surface area (Å²) in [5.41, 5.74) is 0.236. The van der Waals surface area contributed by atoms with Crippen molar-refractivity contribution < 1.29 is 0 Å². The molecule has 3 rings (SSSR count). The quantitative estimate of drug-likeness (QED) is 0.779. The molecule has 7 nitrogen and oxygen atoms in total. The van der Waals surface area contributed by atoms with Crippen LogP contribution < -0.4 is 16.1 Å². The van der Waals surface area contributed by atoms with E-state index in [1.165, 1.54) is 18.0 Å². The van der Waals surface area contributed by atoms with Gasteiger partial charge in [0.05, 0.1) is 0 Å². The first-order valence-corrected chi connectivity index (χ1v) is 7.58. The van der Waals surface area contributed by atoms with Crippen LogP contribution in [-0.2, 0) is 20.6 Å². The van der Waals surface area contributed by atoms with Crippen molar-refractivity contribution in [3.8, 4) is 0 Å². The van der Waals surface area contributed by atoms with Crippen LogP contribution in [0.25, 0.3) is 11.2 Å². The summed E-state index contributed by atoms with van der Waals surface area (Å²) in [7, 11) is 3.33. The predicted molar refractivity (Wildman–Crippen MR) is 86.5 cm³/mol. The molecule has 0 radical (unpaired) electrons. The molecule has 2 aromatic rings. The summed E-state index contributed by atoms with van der Waals surface area (Å²) < 4.78 is 4.44. The van der Waals surface area contributed by atoms with Gasteiger partial charge in [0.15, 0.2) is 11.2 Å². The van der Waals surface area contributed by atoms with Gasteiger partial charge in [-0.3, -0.25) is 13.9 Å². The number of imidazole rings is 1. The van der Waals surface area contributed by atoms with Gasteiger partial charge in [-0.15, -0.1) is 6.58 Å². The van der Waals surface area contributed by atoms with E-state index in [-0.39, 0.29) is 11.2 Å². The predicted octanol–water partition coefficient (Wildman–Crippen LogP) is 0.610. The molecule has 0 aromatic carbocycles. The van der Waals surface area contributed by atoms with Crippen LogP contribution in [0.1, 0.15) is 19.3 Å². The highest BCUT2D eigenvalue weighted by Crippen LogP contribution is 2.21. The fourth-order valence-electron chi connectivity index (χ4n) is 3.09. The number of rotatable bonds is 3. The molecule has 0 amide bonds. The van der Waals surface area contributed by atoms with Crippen molar-refractivity contribution in [3.05, 3.63) is 33.5 Å². The number of hydrogen-bond donors (Lipinski definition) is 0. The Bertz CT molecular complexity index is 836. The van der Waals surface area contributed by atoms with Gasteiger partial charge >= 0.3 is 5.69 Å². The first kappa shape index (κ1) is 14.6. The second kappa shape index (κ2) is 5.47. The van der Waals surface area contributed by atoms with Crippen LogP contribution in [0.4, 0.5) is 5.95 Å². The van der Waals surface area contributed by atoms with Gasteiger partial charge in [-0.2, -0.15) is 4.98 Å². The molecule has 1 saturated heterocycles. The minimum atomic E-state index is -0.360. The number of anilines is 1. The van der Waals surface area contributed by atoms with E-state index >= 15 is 0 Å². The number of aryl methyl sites for hydroxylation is 1. The van der Waals surface area contributed by atoms with E-state index in [1.54, 1.807) is 6.08 Å². The third-order valence-electron chi connectivity index (χ3n) is 4.28. The van der Waals surface area contributed by atoms with Crippen LogP contribution in [0.2, 0.25) is 0 Å². The molecule has 0 spiro atoms. The van der Waals surface area contributed by atoms with Gasteiger partial charge in [-0.25, -0.2) is 4.79 Å². The molecule has 3 heterocycles. The van der Waals surface area contributed by atoms with E-state index in [4.69, 9.17) is 0 Å². The van der Waals surface area contributed by atoms with Crippen LogP contribution in [0.15, 0.2) is 22.2 Å². The van der Waals surface area contributed by atoms with Crippen molar-refractivity contribution >= 4 is 17.1 Å². The monoisotopic (exact) mass is 303 g/mol. The lowest BCUT2D eigenvalue weighted by Crippen LogP contribution is -2.38. The Kier molecular flexibility index (Phi) is 3.64. The van der Waals surface area contributed by atoms with Crippen LogP contribution in [-0.4, -0.2) is 31.8 Å². The summed E-state index contributed by atoms with van der Waals surface area (Å²) in [5, 5.41) is 0. The Morgan fingerprint density at radius 3 is 2.45 bits per heavy atom. The van der Waals surface area contributed by atoms with Crippen molar-refractivity contribution in [2.75, 3.05) is 18.0 Å². The van der Waals surface area contributed by atoms with Crippen molar-refractivity contribution in [1.29, 1.82) is 0 Å². The van der Waals surface area contributed by atoms with Crippen LogP contribution in [0.3, 0.4) is 0 Å². The first-order chi connectivity index (χ1) is 10.6. The van der Waals surface area contributed by atoms with Gasteiger partial charge < -0.3 is 9.47 Å². The Hall–Kier alpha value is -2.31. The van der Waals surface area contributed by atoms with Crippen molar-refractivity contribution in [2.24, 2.45) is 14.1 Å². The van der Waals surface area contributed by atoms with Crippen LogP contribution in [0, 0.1) is 0 Å². The zero-order valence-electron chi connectivity index (χ0n) is 13.1. The van der Waals surface area contributed by atoms with E-state index < -0.39 is 0 Å². The van der Waals surface area contributed by atoms with Gasteiger partial charge in [0, 0.05) is 33.7 Å². The molecular weight excluding hydrogens is 282 g/mol. The molecule has 118 valence electrons. The molecule has 2 aromatic heterocycles. The van der Waals surface area contributed by atoms with E-state index in [0.29, 0.717) is 17.7 Å². The summed E-state index contributed by atoms with van der Waals surface area (Å²) in [6, 6.07) is 0. The number of aromatic nitrogens is 4. The maximum absolute atomic E-state index is 12.5. The maximum atomic E-state index is 12.5. The molecule has 7 heteroatoms. The second-order valence-corrected chi connectivity index (χ2v) is 5.74. The fraction of sp³-hybridized carbons (Fsp3) is 0.533. The smallest absolute Gasteiger partial charge is 0.332 e. The number of nitrogens with zero attached hydrogens (tertiary/aromatic N) is 5. The SMILES string of the molecule is C=CCn1c(=O)n(C)c(=O)c2c1nc(N1CCCCC1)n2C. The summed E-state index contributed by atoms with van der Waals surface area (Å²) in [6.45, 7) is 5.88. The first-order valence-electron chi connectivity index (χ1n) is 7.58. The molecule has 0 unspecified atom stereocenters. The lowest BCUT2D eigenvalue weighted by Gasteiger charge is -2.27. The summed E-state index contributed by atoms with van der Waals surface area (Å²) in [4.78, 5) is 31.6. The molecule has 1 aliphatic rings. The Balaban J connectivity index is 2.30. The van der Waals surface area contributed by atoms with Gasteiger partial charge in [0.2, 0.25) is 5.95 Å². The number of allylic oxidation sites excluding steroid dienone is 1. The lowest BCUT2D eigenvalue weighted by atomic mass is 10.1. The van der Waals surface area contributed by atoms with Crippen molar-refractivity contribution in [1.82, 2.24) is 18.7 Å². The van der Waals surface area contributed by atoms with Gasteiger partial charge in [-0.1, -0.05) is 6.08 Å². The highest BCUT2D eigenvalue weighted by molar-refractivity contribution is 5.74. The van der Waals surface area contributed by atoms with Crippen LogP contribution in [0.5, 0.6) is 0 Å². The molecule has 22 heavy (non-hydrogen) atoms. The number of fused-ring (bicyclic) bond motifs is 1. The summed E-state index contributed by atoms with van der Waals surface area (Å²) in [6.07, 6.45) is 5.12. The number of piperidine rings is 1. The van der Waals surface area contributed by atoms with Gasteiger partial charge in [0.1, 0.15) is 0 Å². The molecule has 0 aliphatic carbocycles. The Morgan fingerprint density at radius 2 is 1.82 bits per heavy atom. The summed E-state index contributed by atoms with van der Waals surface area (Å²) >= 11 is 0. The standard InChI is InChI=1S/C15H21N5O2/c1-4-8-20-12-11(13(21)18(3)15(20)22)17(2)14(16-12)19-9-6-5-7-10-19/h4H,1,5-10H2,2-3H3. The van der Waals surface area contributed by atoms with Crippen LogP contribution >= 0.6 is 0 Å². The highest BCUT2D eigenvalue weighted by atomic mass is 16.2. The van der Waals surface area contributed by atoms with E-state index in [1.807, 2.05) is 11.6 Å². The minimum Gasteiger partial charge on any atom is -0.342 e. The number of hydrogen-bond acceptors (Lipinski definition) is 4. The molecule has 0 bridgehead atoms. The zero-order valence-corrected chi connectivity index (χ0v) is 13.1. The topological polar surface area (TPSA) is 65.1 Å². The van der Waals surface area contributed by atoms with Gasteiger partial charge in [0.25, 0.3) is 5.56 Å². The highest BCUT2D eigenvalue weighted by Gasteiger charge is 2.22. The lowest BCUT2D eigenvalue weighted by molar-refractivity contribution is 0.563. The van der Waals surface area contributed by atoms with E-state index in [0.717, 1.165) is 36.4 Å². The molecule has 0 atom stereocenters. The second-order valence-electron chi connectivity index (χ2n) is 5.74. The molecule has 1 fully saturated rings. The Labute approximate surface area is 128 Å². The van der Waals surface area contributed by atoms with Crippen molar-refractivity contribution in [2.45, 2.75) is 25.8 Å². The normalized spacial score (nSPS) is 15.5. The molecule has 0 N–H and O–H groups in total. The van der Waals surface area contributed by atoms with Crippen molar-refractivity contribution in [3.63, 3.8) is 0 Å². The largest absolute Gasteiger partial charge is 0.342 e. The van der Waals surface area contributed by atoms with E-state index in [2.05, 4.69) is 16.5 Å². The maximum Gasteiger partial charge on any atom is 0.332 e. The van der Waals surface area contributed by atoms with Gasteiger partial charge in [-0.05, 0) is 19.3 Å². The minimum absolute atomic E-state index is 0.307. The summed E-state index contributed by atoms with van der Waals surface area (Å²) in [5.74, 6) is 0.759. The zero-order chi connectivity index (χ0) is 15.9. The average molecular weight is 303 g/mol. The fourth-order valence-corrected chi connectivity index (χ4v) is 3.09.